The van der Waals surface area contributed by atoms with Crippen LogP contribution >= 0.6 is 24.0 Å². The van der Waals surface area contributed by atoms with Crippen LogP contribution < -0.4 is 10.6 Å². The molecule has 0 fully saturated rings. The van der Waals surface area contributed by atoms with Crippen molar-refractivity contribution < 1.29 is 4.39 Å². The topological polar surface area (TPSA) is 65.1 Å². The van der Waals surface area contributed by atoms with Gasteiger partial charge in [-0.05, 0) is 30.3 Å². The van der Waals surface area contributed by atoms with Gasteiger partial charge >= 0.3 is 0 Å². The average molecular weight is 427 g/mol. The third kappa shape index (κ3) is 5.90. The molecule has 0 aliphatic carbocycles. The summed E-state index contributed by atoms with van der Waals surface area (Å²) in [6.07, 6.45) is 3.97. The van der Waals surface area contributed by atoms with E-state index in [1.165, 1.54) is 18.2 Å². The van der Waals surface area contributed by atoms with E-state index in [0.29, 0.717) is 23.6 Å². The van der Waals surface area contributed by atoms with Gasteiger partial charge in [-0.1, -0.05) is 0 Å². The van der Waals surface area contributed by atoms with Gasteiger partial charge in [-0.25, -0.2) is 4.39 Å². The molecule has 0 amide bonds. The number of aliphatic imine (C=N–C) groups is 1. The first kappa shape index (κ1) is 19.0. The van der Waals surface area contributed by atoms with Crippen molar-refractivity contribution in [3.05, 3.63) is 59.7 Å². The Balaban J connectivity index is 0.00000264. The number of aromatic nitrogens is 1. The fraction of sp³-hybridized carbons (Fsp3) is 0.250. The summed E-state index contributed by atoms with van der Waals surface area (Å²) in [5.41, 5.74) is 0.876. The second-order valence-corrected chi connectivity index (χ2v) is 4.69. The summed E-state index contributed by atoms with van der Waals surface area (Å²) in [6.45, 7) is 1.78. The third-order valence-corrected chi connectivity index (χ3v) is 3.17. The lowest BCUT2D eigenvalue weighted by molar-refractivity contribution is 0.603. The second-order valence-electron chi connectivity index (χ2n) is 4.69. The molecule has 122 valence electrons. The lowest BCUT2D eigenvalue weighted by atomic mass is 10.1. The Labute approximate surface area is 152 Å². The summed E-state index contributed by atoms with van der Waals surface area (Å²) in [6, 6.07) is 10.2. The van der Waals surface area contributed by atoms with Crippen molar-refractivity contribution in [3.63, 3.8) is 0 Å². The Kier molecular flexibility index (Phi) is 8.11. The molecule has 0 unspecified atom stereocenters. The number of benzene rings is 1. The molecule has 23 heavy (non-hydrogen) atoms. The zero-order valence-corrected chi connectivity index (χ0v) is 15.1. The minimum absolute atomic E-state index is 0. The largest absolute Gasteiger partial charge is 0.355 e. The second kappa shape index (κ2) is 9.84. The summed E-state index contributed by atoms with van der Waals surface area (Å²) < 4.78 is 15.7. The lowest BCUT2D eigenvalue weighted by Crippen LogP contribution is -2.38. The Hall–Kier alpha value is -2.08. The Morgan fingerprint density at radius 1 is 1.30 bits per heavy atom. The minimum Gasteiger partial charge on any atom is -0.355 e. The third-order valence-electron chi connectivity index (χ3n) is 3.17. The molecular formula is C16H19FIN5. The first-order chi connectivity index (χ1) is 10.7. The number of guanidine groups is 1. The maximum Gasteiger partial charge on any atom is 0.191 e. The number of nitriles is 1. The molecule has 2 rings (SSSR count). The van der Waals surface area contributed by atoms with Gasteiger partial charge in [0.15, 0.2) is 5.96 Å². The predicted molar refractivity (Wildman–Crippen MR) is 99.2 cm³/mol. The molecule has 2 aromatic rings. The van der Waals surface area contributed by atoms with E-state index in [9.17, 15) is 4.39 Å². The molecule has 5 nitrogen and oxygen atoms in total. The quantitative estimate of drug-likeness (QED) is 0.438. The van der Waals surface area contributed by atoms with E-state index in [2.05, 4.69) is 20.2 Å². The highest BCUT2D eigenvalue weighted by molar-refractivity contribution is 14.0. The molecule has 1 aromatic heterocycles. The van der Waals surface area contributed by atoms with E-state index >= 15 is 0 Å². The van der Waals surface area contributed by atoms with Crippen LogP contribution in [0.1, 0.15) is 11.1 Å². The molecular weight excluding hydrogens is 408 g/mol. The first-order valence-corrected chi connectivity index (χ1v) is 6.96. The van der Waals surface area contributed by atoms with Crippen LogP contribution in [0.3, 0.4) is 0 Å². The van der Waals surface area contributed by atoms with Crippen LogP contribution in [-0.2, 0) is 13.1 Å². The van der Waals surface area contributed by atoms with Gasteiger partial charge in [-0.3, -0.25) is 4.99 Å². The summed E-state index contributed by atoms with van der Waals surface area (Å²) in [5.74, 6) is 0.253. The number of hydrogen-bond acceptors (Lipinski definition) is 2. The molecule has 0 spiro atoms. The zero-order chi connectivity index (χ0) is 15.8. The molecule has 0 aliphatic heterocycles. The standard InChI is InChI=1S/C16H18FN5.HI/c1-19-16(20-6-9-22-7-2-3-8-22)21-12-14-10-13(11-18)4-5-15(14)17;/h2-5,7-8,10H,6,9,12H2,1H3,(H2,19,20,21);1H. The molecule has 0 saturated heterocycles. The van der Waals surface area contributed by atoms with Crippen molar-refractivity contribution in [2.24, 2.45) is 4.99 Å². The van der Waals surface area contributed by atoms with E-state index in [0.717, 1.165) is 6.54 Å². The fourth-order valence-corrected chi connectivity index (χ4v) is 2.00. The molecule has 0 atom stereocenters. The van der Waals surface area contributed by atoms with E-state index in [-0.39, 0.29) is 36.3 Å². The van der Waals surface area contributed by atoms with Crippen LogP contribution in [0.5, 0.6) is 0 Å². The van der Waals surface area contributed by atoms with E-state index in [1.54, 1.807) is 7.05 Å². The van der Waals surface area contributed by atoms with Crippen molar-refractivity contribution in [1.82, 2.24) is 15.2 Å². The molecule has 0 saturated carbocycles. The van der Waals surface area contributed by atoms with Gasteiger partial charge in [0.25, 0.3) is 0 Å². The smallest absolute Gasteiger partial charge is 0.191 e. The predicted octanol–water partition coefficient (Wildman–Crippen LogP) is 2.48. The van der Waals surface area contributed by atoms with E-state index in [1.807, 2.05) is 30.6 Å². The Morgan fingerprint density at radius 3 is 2.70 bits per heavy atom. The van der Waals surface area contributed by atoms with Crippen molar-refractivity contribution >= 4 is 29.9 Å². The molecule has 0 bridgehead atoms. The van der Waals surface area contributed by atoms with E-state index < -0.39 is 0 Å². The van der Waals surface area contributed by atoms with Crippen LogP contribution in [-0.4, -0.2) is 24.1 Å². The maximum absolute atomic E-state index is 13.7. The molecule has 1 aromatic carbocycles. The monoisotopic (exact) mass is 427 g/mol. The van der Waals surface area contributed by atoms with Crippen molar-refractivity contribution in [3.8, 4) is 6.07 Å². The Morgan fingerprint density at radius 2 is 2.04 bits per heavy atom. The molecule has 2 N–H and O–H groups in total. The van der Waals surface area contributed by atoms with Crippen molar-refractivity contribution in [1.29, 1.82) is 5.26 Å². The number of nitrogens with zero attached hydrogens (tertiary/aromatic N) is 3. The average Bonchev–Trinajstić information content (AvgIpc) is 3.05. The molecule has 7 heteroatoms. The normalized spacial score (nSPS) is 10.6. The molecule has 0 radical (unpaired) electrons. The van der Waals surface area contributed by atoms with Crippen molar-refractivity contribution in [2.75, 3.05) is 13.6 Å². The van der Waals surface area contributed by atoms with Crippen molar-refractivity contribution in [2.45, 2.75) is 13.1 Å². The summed E-state index contributed by atoms with van der Waals surface area (Å²) >= 11 is 0. The summed E-state index contributed by atoms with van der Waals surface area (Å²) in [5, 5.41) is 15.0. The minimum atomic E-state index is -0.339. The Bertz CT molecular complexity index is 676. The summed E-state index contributed by atoms with van der Waals surface area (Å²) in [7, 11) is 1.66. The number of halogens is 2. The number of hydrogen-bond donors (Lipinski definition) is 2. The van der Waals surface area contributed by atoms with Crippen LogP contribution in [0.15, 0.2) is 47.7 Å². The van der Waals surface area contributed by atoms with Gasteiger partial charge < -0.3 is 15.2 Å². The number of rotatable bonds is 5. The van der Waals surface area contributed by atoms with Crippen LogP contribution in [0.25, 0.3) is 0 Å². The van der Waals surface area contributed by atoms with Gasteiger partial charge in [-0.15, -0.1) is 24.0 Å². The van der Waals surface area contributed by atoms with E-state index in [4.69, 9.17) is 5.26 Å². The van der Waals surface area contributed by atoms with Gasteiger partial charge in [0, 0.05) is 44.6 Å². The van der Waals surface area contributed by atoms with Gasteiger partial charge in [0.05, 0.1) is 11.6 Å². The number of nitrogens with one attached hydrogen (secondary N) is 2. The van der Waals surface area contributed by atoms with Gasteiger partial charge in [-0.2, -0.15) is 5.26 Å². The highest BCUT2D eigenvalue weighted by Crippen LogP contribution is 2.09. The zero-order valence-electron chi connectivity index (χ0n) is 12.8. The fourth-order valence-electron chi connectivity index (χ4n) is 2.00. The first-order valence-electron chi connectivity index (χ1n) is 6.96. The lowest BCUT2D eigenvalue weighted by Gasteiger charge is -2.12. The maximum atomic E-state index is 13.7. The SMILES string of the molecule is CN=C(NCCn1cccc1)NCc1cc(C#N)ccc1F.I. The highest BCUT2D eigenvalue weighted by Gasteiger charge is 2.05. The van der Waals surface area contributed by atoms with Crippen LogP contribution in [0.4, 0.5) is 4.39 Å². The van der Waals surface area contributed by atoms with Crippen LogP contribution in [0, 0.1) is 17.1 Å². The van der Waals surface area contributed by atoms with Gasteiger partial charge in [0.1, 0.15) is 5.82 Å². The van der Waals surface area contributed by atoms with Gasteiger partial charge in [0.2, 0.25) is 0 Å². The highest BCUT2D eigenvalue weighted by atomic mass is 127. The van der Waals surface area contributed by atoms with Crippen LogP contribution in [0.2, 0.25) is 0 Å². The molecule has 1 heterocycles. The summed E-state index contributed by atoms with van der Waals surface area (Å²) in [4.78, 5) is 4.09. The molecule has 0 aliphatic rings.